The van der Waals surface area contributed by atoms with E-state index in [-0.39, 0.29) is 5.69 Å². The van der Waals surface area contributed by atoms with Gasteiger partial charge in [-0.15, -0.1) is 0 Å². The molecule has 0 radical (unpaired) electrons. The van der Waals surface area contributed by atoms with Crippen LogP contribution < -0.4 is 0 Å². The maximum atomic E-state index is 12.1. The van der Waals surface area contributed by atoms with Crippen molar-refractivity contribution in [3.05, 3.63) is 29.6 Å². The number of aliphatic carboxylic acids is 1. The monoisotopic (exact) mass is 215 g/mol. The van der Waals surface area contributed by atoms with E-state index in [1.54, 1.807) is 6.92 Å². The summed E-state index contributed by atoms with van der Waals surface area (Å²) in [4.78, 5) is 14.1. The molecule has 1 aromatic rings. The molecule has 15 heavy (non-hydrogen) atoms. The molecule has 0 aliphatic rings. The number of alkyl halides is 2. The zero-order valence-corrected chi connectivity index (χ0v) is 8.15. The number of halogens is 2. The van der Waals surface area contributed by atoms with Crippen LogP contribution in [0.5, 0.6) is 0 Å². The van der Waals surface area contributed by atoms with Crippen molar-refractivity contribution >= 4 is 5.97 Å². The molecule has 0 amide bonds. The van der Waals surface area contributed by atoms with Gasteiger partial charge in [-0.25, -0.2) is 8.78 Å². The van der Waals surface area contributed by atoms with Crippen LogP contribution >= 0.6 is 0 Å². The second kappa shape index (κ2) is 4.82. The SMILES string of the molecule is CC(Cc1ccc(C(F)F)nc1)C(=O)O. The van der Waals surface area contributed by atoms with E-state index in [0.29, 0.717) is 12.0 Å². The van der Waals surface area contributed by atoms with E-state index in [4.69, 9.17) is 5.11 Å². The molecule has 0 aliphatic carbocycles. The van der Waals surface area contributed by atoms with Crippen molar-refractivity contribution in [2.45, 2.75) is 19.8 Å². The van der Waals surface area contributed by atoms with Crippen LogP contribution in [0.25, 0.3) is 0 Å². The Morgan fingerprint density at radius 3 is 2.60 bits per heavy atom. The average Bonchev–Trinajstić information content (AvgIpc) is 2.18. The maximum absolute atomic E-state index is 12.1. The van der Waals surface area contributed by atoms with Gasteiger partial charge in [0.2, 0.25) is 0 Å². The fourth-order valence-corrected chi connectivity index (χ4v) is 1.13. The number of aromatic nitrogens is 1. The second-order valence-corrected chi connectivity index (χ2v) is 3.34. The van der Waals surface area contributed by atoms with Crippen LogP contribution in [0.3, 0.4) is 0 Å². The largest absolute Gasteiger partial charge is 0.481 e. The zero-order chi connectivity index (χ0) is 11.4. The number of carboxylic acids is 1. The van der Waals surface area contributed by atoms with E-state index in [1.165, 1.54) is 18.3 Å². The highest BCUT2D eigenvalue weighted by Crippen LogP contribution is 2.16. The molecule has 0 spiro atoms. The number of carbonyl (C=O) groups is 1. The summed E-state index contributed by atoms with van der Waals surface area (Å²) in [6.45, 7) is 1.56. The van der Waals surface area contributed by atoms with Gasteiger partial charge in [0.25, 0.3) is 6.43 Å². The molecule has 1 unspecified atom stereocenters. The van der Waals surface area contributed by atoms with Crippen molar-refractivity contribution in [2.75, 3.05) is 0 Å². The standard InChI is InChI=1S/C10H11F2NO2/c1-6(10(14)15)4-7-2-3-8(9(11)12)13-5-7/h2-3,5-6,9H,4H2,1H3,(H,14,15). The molecular formula is C10H11F2NO2. The lowest BCUT2D eigenvalue weighted by molar-refractivity contribution is -0.141. The van der Waals surface area contributed by atoms with Crippen molar-refractivity contribution in [3.63, 3.8) is 0 Å². The predicted octanol–water partition coefficient (Wildman–Crippen LogP) is 2.28. The Morgan fingerprint density at radius 1 is 1.53 bits per heavy atom. The minimum atomic E-state index is -2.59. The van der Waals surface area contributed by atoms with Crippen molar-refractivity contribution in [1.29, 1.82) is 0 Å². The molecule has 0 aromatic carbocycles. The fraction of sp³-hybridized carbons (Fsp3) is 0.400. The van der Waals surface area contributed by atoms with Crippen molar-refractivity contribution in [1.82, 2.24) is 4.98 Å². The van der Waals surface area contributed by atoms with Gasteiger partial charge in [0, 0.05) is 6.20 Å². The molecule has 1 atom stereocenters. The van der Waals surface area contributed by atoms with E-state index in [1.807, 2.05) is 0 Å². The minimum Gasteiger partial charge on any atom is -0.481 e. The van der Waals surface area contributed by atoms with Gasteiger partial charge in [-0.2, -0.15) is 0 Å². The van der Waals surface area contributed by atoms with Gasteiger partial charge in [0.05, 0.1) is 5.92 Å². The smallest absolute Gasteiger partial charge is 0.306 e. The van der Waals surface area contributed by atoms with Crippen LogP contribution in [0.2, 0.25) is 0 Å². The number of carboxylic acid groups (broad SMARTS) is 1. The number of pyridine rings is 1. The summed E-state index contributed by atoms with van der Waals surface area (Å²) >= 11 is 0. The Labute approximate surface area is 85.8 Å². The van der Waals surface area contributed by atoms with Crippen LogP contribution in [0, 0.1) is 5.92 Å². The van der Waals surface area contributed by atoms with Gasteiger partial charge in [0.1, 0.15) is 5.69 Å². The van der Waals surface area contributed by atoms with Gasteiger partial charge < -0.3 is 5.11 Å². The predicted molar refractivity (Wildman–Crippen MR) is 49.7 cm³/mol. The zero-order valence-electron chi connectivity index (χ0n) is 8.15. The molecule has 1 N–H and O–H groups in total. The quantitative estimate of drug-likeness (QED) is 0.838. The van der Waals surface area contributed by atoms with Gasteiger partial charge in [0.15, 0.2) is 0 Å². The molecule has 3 nitrogen and oxygen atoms in total. The summed E-state index contributed by atoms with van der Waals surface area (Å²) in [6.07, 6.45) is -0.997. The summed E-state index contributed by atoms with van der Waals surface area (Å²) in [6, 6.07) is 2.70. The second-order valence-electron chi connectivity index (χ2n) is 3.34. The van der Waals surface area contributed by atoms with Crippen LogP contribution in [0.1, 0.15) is 24.6 Å². The van der Waals surface area contributed by atoms with E-state index in [9.17, 15) is 13.6 Å². The first-order chi connectivity index (χ1) is 7.00. The third-order valence-corrected chi connectivity index (χ3v) is 2.03. The molecule has 0 aliphatic heterocycles. The Balaban J connectivity index is 2.68. The van der Waals surface area contributed by atoms with Crippen LogP contribution in [-0.2, 0) is 11.2 Å². The highest BCUT2D eigenvalue weighted by molar-refractivity contribution is 5.69. The lowest BCUT2D eigenvalue weighted by Crippen LogP contribution is -2.12. The molecule has 1 heterocycles. The van der Waals surface area contributed by atoms with E-state index < -0.39 is 18.3 Å². The fourth-order valence-electron chi connectivity index (χ4n) is 1.13. The van der Waals surface area contributed by atoms with Crippen LogP contribution in [-0.4, -0.2) is 16.1 Å². The Hall–Kier alpha value is -1.52. The Kier molecular flexibility index (Phi) is 3.71. The van der Waals surface area contributed by atoms with Crippen LogP contribution in [0.4, 0.5) is 8.78 Å². The van der Waals surface area contributed by atoms with Gasteiger partial charge in [-0.3, -0.25) is 9.78 Å². The Bertz CT molecular complexity index is 338. The summed E-state index contributed by atoms with van der Waals surface area (Å²) in [5.74, 6) is -1.45. The van der Waals surface area contributed by atoms with E-state index in [2.05, 4.69) is 4.98 Å². The van der Waals surface area contributed by atoms with E-state index >= 15 is 0 Å². The first kappa shape index (κ1) is 11.6. The Morgan fingerprint density at radius 2 is 2.20 bits per heavy atom. The number of rotatable bonds is 4. The molecule has 0 saturated heterocycles. The molecule has 0 bridgehead atoms. The van der Waals surface area contributed by atoms with Crippen molar-refractivity contribution in [2.24, 2.45) is 5.92 Å². The van der Waals surface area contributed by atoms with Crippen molar-refractivity contribution in [3.8, 4) is 0 Å². The number of nitrogens with zero attached hydrogens (tertiary/aromatic N) is 1. The molecule has 5 heteroatoms. The molecule has 82 valence electrons. The summed E-state index contributed by atoms with van der Waals surface area (Å²) in [5.41, 5.74) is 0.357. The number of hydrogen-bond acceptors (Lipinski definition) is 2. The summed E-state index contributed by atoms with van der Waals surface area (Å²) in [5, 5.41) is 8.65. The average molecular weight is 215 g/mol. The molecular weight excluding hydrogens is 204 g/mol. The third kappa shape index (κ3) is 3.27. The highest BCUT2D eigenvalue weighted by Gasteiger charge is 2.13. The number of hydrogen-bond donors (Lipinski definition) is 1. The van der Waals surface area contributed by atoms with Crippen molar-refractivity contribution < 1.29 is 18.7 Å². The molecule has 0 fully saturated rings. The van der Waals surface area contributed by atoms with Gasteiger partial charge in [-0.05, 0) is 18.1 Å². The lowest BCUT2D eigenvalue weighted by atomic mass is 10.0. The minimum absolute atomic E-state index is 0.290. The topological polar surface area (TPSA) is 50.2 Å². The van der Waals surface area contributed by atoms with Gasteiger partial charge >= 0.3 is 5.97 Å². The summed E-state index contributed by atoms with van der Waals surface area (Å²) in [7, 11) is 0. The lowest BCUT2D eigenvalue weighted by Gasteiger charge is -2.06. The summed E-state index contributed by atoms with van der Waals surface area (Å²) < 4.78 is 24.3. The van der Waals surface area contributed by atoms with Gasteiger partial charge in [-0.1, -0.05) is 13.0 Å². The molecule has 0 saturated carbocycles. The highest BCUT2D eigenvalue weighted by atomic mass is 19.3. The molecule has 1 aromatic heterocycles. The molecule has 1 rings (SSSR count). The van der Waals surface area contributed by atoms with E-state index in [0.717, 1.165) is 0 Å². The third-order valence-electron chi connectivity index (χ3n) is 2.03. The van der Waals surface area contributed by atoms with Crippen LogP contribution in [0.15, 0.2) is 18.3 Å². The first-order valence-corrected chi connectivity index (χ1v) is 4.46. The maximum Gasteiger partial charge on any atom is 0.306 e. The first-order valence-electron chi connectivity index (χ1n) is 4.46. The normalized spacial score (nSPS) is 12.8.